The second kappa shape index (κ2) is 6.83. The number of amides is 2. The predicted molar refractivity (Wildman–Crippen MR) is 89.0 cm³/mol. The molecule has 3 rings (SSSR count). The van der Waals surface area contributed by atoms with E-state index in [1.165, 1.54) is 0 Å². The van der Waals surface area contributed by atoms with Gasteiger partial charge in [0.1, 0.15) is 5.52 Å². The third-order valence-corrected chi connectivity index (χ3v) is 3.50. The summed E-state index contributed by atoms with van der Waals surface area (Å²) >= 11 is 0. The third kappa shape index (κ3) is 3.60. The number of urea groups is 1. The molecule has 0 aliphatic heterocycles. The monoisotopic (exact) mass is 307 g/mol. The lowest BCUT2D eigenvalue weighted by atomic mass is 10.1. The Balaban J connectivity index is 1.70. The van der Waals surface area contributed by atoms with Crippen LogP contribution in [0.25, 0.3) is 11.0 Å². The molecule has 0 bridgehead atoms. The Morgan fingerprint density at radius 2 is 1.70 bits per heavy atom. The van der Waals surface area contributed by atoms with Crippen LogP contribution in [0.1, 0.15) is 24.9 Å². The topological polar surface area (TPSA) is 79.8 Å². The van der Waals surface area contributed by atoms with Gasteiger partial charge in [0.25, 0.3) is 5.95 Å². The Bertz CT molecular complexity index is 806. The Hall–Kier alpha value is -3.02. The van der Waals surface area contributed by atoms with Crippen LogP contribution in [0.15, 0.2) is 54.6 Å². The summed E-state index contributed by atoms with van der Waals surface area (Å²) in [6.07, 6.45) is 0.786. The van der Waals surface area contributed by atoms with E-state index >= 15 is 0 Å². The van der Waals surface area contributed by atoms with Crippen molar-refractivity contribution in [2.75, 3.05) is 5.32 Å². The van der Waals surface area contributed by atoms with Crippen LogP contribution in [0.5, 0.6) is 0 Å². The summed E-state index contributed by atoms with van der Waals surface area (Å²) in [5, 5.41) is 13.5. The number of aromatic nitrogens is 3. The Morgan fingerprint density at radius 1 is 1.00 bits per heavy atom. The normalized spacial score (nSPS) is 11.9. The van der Waals surface area contributed by atoms with E-state index < -0.39 is 0 Å². The average molecular weight is 307 g/mol. The molecule has 6 nitrogen and oxygen atoms in total. The van der Waals surface area contributed by atoms with Crippen molar-refractivity contribution in [2.24, 2.45) is 0 Å². The van der Waals surface area contributed by atoms with Crippen molar-refractivity contribution in [3.8, 4) is 0 Å². The van der Waals surface area contributed by atoms with Crippen LogP contribution in [0.2, 0.25) is 0 Å². The SMILES string of the molecule is CCC(NC(=O)Nc1nnc2ccccc2n1)c1ccccc1. The predicted octanol–water partition coefficient (Wildman–Crippen LogP) is 3.30. The number of rotatable bonds is 4. The zero-order valence-corrected chi connectivity index (χ0v) is 12.7. The molecule has 0 aliphatic rings. The van der Waals surface area contributed by atoms with Crippen molar-refractivity contribution >= 4 is 23.0 Å². The summed E-state index contributed by atoms with van der Waals surface area (Å²) in [7, 11) is 0. The summed E-state index contributed by atoms with van der Waals surface area (Å²) in [6, 6.07) is 16.8. The van der Waals surface area contributed by atoms with E-state index in [4.69, 9.17) is 0 Å². The van der Waals surface area contributed by atoms with Crippen LogP contribution in [0.3, 0.4) is 0 Å². The smallest absolute Gasteiger partial charge is 0.322 e. The van der Waals surface area contributed by atoms with Gasteiger partial charge in [-0.2, -0.15) is 0 Å². The molecule has 0 saturated carbocycles. The van der Waals surface area contributed by atoms with E-state index in [0.29, 0.717) is 11.0 Å². The number of benzene rings is 2. The fourth-order valence-corrected chi connectivity index (χ4v) is 2.34. The molecule has 23 heavy (non-hydrogen) atoms. The number of carbonyl (C=O) groups is 1. The standard InChI is InChI=1S/C17H17N5O/c1-2-13(12-8-4-3-5-9-12)19-17(23)20-16-18-14-10-6-7-11-15(14)21-22-16/h3-11,13H,2H2,1H3,(H2,18,19,20,22,23). The molecule has 0 aliphatic carbocycles. The van der Waals surface area contributed by atoms with Gasteiger partial charge in [0.15, 0.2) is 0 Å². The zero-order valence-electron chi connectivity index (χ0n) is 12.7. The van der Waals surface area contributed by atoms with Gasteiger partial charge in [-0.05, 0) is 24.1 Å². The first kappa shape index (κ1) is 14.9. The number of carbonyl (C=O) groups excluding carboxylic acids is 1. The Morgan fingerprint density at radius 3 is 2.43 bits per heavy atom. The molecule has 0 spiro atoms. The van der Waals surface area contributed by atoms with Crippen molar-refractivity contribution in [1.82, 2.24) is 20.5 Å². The van der Waals surface area contributed by atoms with Gasteiger partial charge in [0.05, 0.1) is 11.6 Å². The van der Waals surface area contributed by atoms with E-state index in [1.54, 1.807) is 0 Å². The fourth-order valence-electron chi connectivity index (χ4n) is 2.34. The maximum atomic E-state index is 12.2. The van der Waals surface area contributed by atoms with Gasteiger partial charge in [-0.1, -0.05) is 49.4 Å². The fraction of sp³-hybridized carbons (Fsp3) is 0.176. The summed E-state index contributed by atoms with van der Waals surface area (Å²) in [5.41, 5.74) is 2.43. The molecule has 1 aromatic heterocycles. The zero-order chi connectivity index (χ0) is 16.1. The molecule has 2 amide bonds. The van der Waals surface area contributed by atoms with Crippen LogP contribution >= 0.6 is 0 Å². The van der Waals surface area contributed by atoms with Crippen molar-refractivity contribution < 1.29 is 4.79 Å². The minimum Gasteiger partial charge on any atom is -0.331 e. The highest BCUT2D eigenvalue weighted by Gasteiger charge is 2.13. The van der Waals surface area contributed by atoms with E-state index in [-0.39, 0.29) is 18.0 Å². The largest absolute Gasteiger partial charge is 0.331 e. The van der Waals surface area contributed by atoms with Crippen molar-refractivity contribution in [2.45, 2.75) is 19.4 Å². The highest BCUT2D eigenvalue weighted by Crippen LogP contribution is 2.16. The third-order valence-electron chi connectivity index (χ3n) is 3.50. The second-order valence-corrected chi connectivity index (χ2v) is 5.09. The average Bonchev–Trinajstić information content (AvgIpc) is 2.60. The minimum atomic E-state index is -0.349. The molecule has 1 atom stereocenters. The molecule has 2 N–H and O–H groups in total. The van der Waals surface area contributed by atoms with Gasteiger partial charge in [-0.3, -0.25) is 5.32 Å². The number of hydrogen-bond donors (Lipinski definition) is 2. The number of para-hydroxylation sites is 1. The summed E-state index contributed by atoms with van der Waals surface area (Å²) < 4.78 is 0. The molecule has 0 fully saturated rings. The molecule has 1 unspecified atom stereocenters. The molecule has 0 saturated heterocycles. The second-order valence-electron chi connectivity index (χ2n) is 5.09. The van der Waals surface area contributed by atoms with Crippen LogP contribution in [0.4, 0.5) is 10.7 Å². The van der Waals surface area contributed by atoms with Gasteiger partial charge in [0, 0.05) is 0 Å². The van der Waals surface area contributed by atoms with Crippen LogP contribution in [-0.4, -0.2) is 21.2 Å². The molecule has 1 heterocycles. The molecule has 0 radical (unpaired) electrons. The van der Waals surface area contributed by atoms with Crippen molar-refractivity contribution in [3.63, 3.8) is 0 Å². The number of fused-ring (bicyclic) bond motifs is 1. The van der Waals surface area contributed by atoms with E-state index in [1.807, 2.05) is 61.5 Å². The van der Waals surface area contributed by atoms with Crippen LogP contribution in [0, 0.1) is 0 Å². The first-order valence-electron chi connectivity index (χ1n) is 7.48. The van der Waals surface area contributed by atoms with Crippen molar-refractivity contribution in [1.29, 1.82) is 0 Å². The Labute approximate surface area is 134 Å². The summed E-state index contributed by atoms with van der Waals surface area (Å²) in [6.45, 7) is 2.02. The van der Waals surface area contributed by atoms with Crippen LogP contribution < -0.4 is 10.6 Å². The lowest BCUT2D eigenvalue weighted by Crippen LogP contribution is -2.33. The van der Waals surface area contributed by atoms with Gasteiger partial charge >= 0.3 is 6.03 Å². The van der Waals surface area contributed by atoms with Crippen molar-refractivity contribution in [3.05, 3.63) is 60.2 Å². The van der Waals surface area contributed by atoms with E-state index in [9.17, 15) is 4.79 Å². The first-order valence-corrected chi connectivity index (χ1v) is 7.48. The number of anilines is 1. The lowest BCUT2D eigenvalue weighted by molar-refractivity contribution is 0.248. The number of nitrogens with one attached hydrogen (secondary N) is 2. The molecule has 6 heteroatoms. The minimum absolute atomic E-state index is 0.0652. The molecule has 116 valence electrons. The van der Waals surface area contributed by atoms with Gasteiger partial charge in [0.2, 0.25) is 0 Å². The number of hydrogen-bond acceptors (Lipinski definition) is 4. The van der Waals surface area contributed by atoms with E-state index in [0.717, 1.165) is 12.0 Å². The van der Waals surface area contributed by atoms with Gasteiger partial charge < -0.3 is 5.32 Å². The molecular formula is C17H17N5O. The summed E-state index contributed by atoms with van der Waals surface area (Å²) in [4.78, 5) is 16.4. The highest BCUT2D eigenvalue weighted by molar-refractivity contribution is 5.88. The van der Waals surface area contributed by atoms with Gasteiger partial charge in [-0.25, -0.2) is 9.78 Å². The van der Waals surface area contributed by atoms with Gasteiger partial charge in [-0.15, -0.1) is 10.2 Å². The van der Waals surface area contributed by atoms with Crippen LogP contribution in [-0.2, 0) is 0 Å². The quantitative estimate of drug-likeness (QED) is 0.775. The molecular weight excluding hydrogens is 290 g/mol. The lowest BCUT2D eigenvalue weighted by Gasteiger charge is -2.17. The number of nitrogens with zero attached hydrogens (tertiary/aromatic N) is 3. The molecule has 3 aromatic rings. The molecule has 2 aromatic carbocycles. The first-order chi connectivity index (χ1) is 11.3. The summed E-state index contributed by atoms with van der Waals surface area (Å²) in [5.74, 6) is 0.184. The van der Waals surface area contributed by atoms with E-state index in [2.05, 4.69) is 25.8 Å². The Kier molecular flexibility index (Phi) is 4.42. The highest BCUT2D eigenvalue weighted by atomic mass is 16.2. The maximum absolute atomic E-state index is 12.2. The maximum Gasteiger partial charge on any atom is 0.322 e.